The Balaban J connectivity index is 1.99. The number of rotatable bonds is 4. The minimum Gasteiger partial charge on any atom is -0.481 e. The fourth-order valence-electron chi connectivity index (χ4n) is 2.22. The van der Waals surface area contributed by atoms with Gasteiger partial charge in [-0.3, -0.25) is 23.5 Å². The van der Waals surface area contributed by atoms with Gasteiger partial charge in [0.25, 0.3) is 5.56 Å². The van der Waals surface area contributed by atoms with E-state index in [1.165, 1.54) is 24.2 Å². The second-order valence-electron chi connectivity index (χ2n) is 5.31. The molecule has 0 aromatic carbocycles. The molecule has 1 unspecified atom stereocenters. The van der Waals surface area contributed by atoms with Gasteiger partial charge in [-0.15, -0.1) is 0 Å². The van der Waals surface area contributed by atoms with E-state index in [0.717, 1.165) is 9.13 Å². The topological polar surface area (TPSA) is 102 Å². The molecule has 2 rings (SSSR count). The van der Waals surface area contributed by atoms with Crippen molar-refractivity contribution in [2.45, 2.75) is 13.5 Å². The first-order chi connectivity index (χ1) is 9.81. The van der Waals surface area contributed by atoms with Gasteiger partial charge in [0.05, 0.1) is 5.92 Å². The monoisotopic (exact) mass is 295 g/mol. The number of amides is 1. The zero-order valence-electron chi connectivity index (χ0n) is 11.9. The average molecular weight is 295 g/mol. The van der Waals surface area contributed by atoms with Crippen molar-refractivity contribution in [1.29, 1.82) is 0 Å². The molecule has 114 valence electrons. The molecule has 0 spiro atoms. The average Bonchev–Trinajstić information content (AvgIpc) is 2.37. The summed E-state index contributed by atoms with van der Waals surface area (Å²) in [6.45, 7) is 2.23. The summed E-state index contributed by atoms with van der Waals surface area (Å²) in [5.41, 5.74) is -0.977. The van der Waals surface area contributed by atoms with Crippen LogP contribution < -0.4 is 11.2 Å². The van der Waals surface area contributed by atoms with E-state index in [1.54, 1.807) is 6.92 Å². The number of carboxylic acids is 1. The van der Waals surface area contributed by atoms with Gasteiger partial charge in [0.1, 0.15) is 6.54 Å². The third-order valence-electron chi connectivity index (χ3n) is 3.93. The predicted molar refractivity (Wildman–Crippen MR) is 72.8 cm³/mol. The number of hydrogen-bond donors (Lipinski definition) is 1. The number of hydrogen-bond acceptors (Lipinski definition) is 4. The van der Waals surface area contributed by atoms with Gasteiger partial charge in [0, 0.05) is 38.3 Å². The smallest absolute Gasteiger partial charge is 0.331 e. The lowest BCUT2D eigenvalue weighted by atomic mass is 9.87. The third-order valence-corrected chi connectivity index (χ3v) is 3.93. The lowest BCUT2D eigenvalue weighted by molar-refractivity contribution is -0.150. The Labute approximate surface area is 120 Å². The Morgan fingerprint density at radius 2 is 2.00 bits per heavy atom. The summed E-state index contributed by atoms with van der Waals surface area (Å²) in [5, 5.41) is 8.89. The molecule has 8 heteroatoms. The fraction of sp³-hybridized carbons (Fsp3) is 0.538. The van der Waals surface area contributed by atoms with E-state index in [0.29, 0.717) is 13.1 Å². The van der Waals surface area contributed by atoms with Crippen LogP contribution in [0.25, 0.3) is 0 Å². The standard InChI is InChI=1S/C13H17N3O5/c1-8(12(19)20)9-5-16(6-9)11(18)7-15-4-3-10(17)14(2)13(15)21/h3-4,8-9H,5-7H2,1-2H3,(H,19,20). The fourth-order valence-corrected chi connectivity index (χ4v) is 2.22. The first kappa shape index (κ1) is 15.0. The van der Waals surface area contributed by atoms with Gasteiger partial charge in [-0.25, -0.2) is 4.79 Å². The Kier molecular flexibility index (Phi) is 3.97. The molecule has 0 radical (unpaired) electrons. The lowest BCUT2D eigenvalue weighted by Gasteiger charge is -2.41. The van der Waals surface area contributed by atoms with Crippen LogP contribution in [0.5, 0.6) is 0 Å². The molecule has 1 N–H and O–H groups in total. The highest BCUT2D eigenvalue weighted by molar-refractivity contribution is 5.77. The lowest BCUT2D eigenvalue weighted by Crippen LogP contribution is -2.55. The highest BCUT2D eigenvalue weighted by Gasteiger charge is 2.37. The summed E-state index contributed by atoms with van der Waals surface area (Å²) >= 11 is 0. The van der Waals surface area contributed by atoms with Gasteiger partial charge in [0.15, 0.2) is 0 Å². The van der Waals surface area contributed by atoms with Crippen molar-refractivity contribution in [2.24, 2.45) is 18.9 Å². The maximum Gasteiger partial charge on any atom is 0.331 e. The molecule has 0 saturated carbocycles. The maximum atomic E-state index is 12.0. The summed E-state index contributed by atoms with van der Waals surface area (Å²) in [4.78, 5) is 47.4. The maximum absolute atomic E-state index is 12.0. The first-order valence-corrected chi connectivity index (χ1v) is 6.58. The van der Waals surface area contributed by atoms with Crippen LogP contribution in [0.2, 0.25) is 0 Å². The van der Waals surface area contributed by atoms with E-state index < -0.39 is 23.1 Å². The third kappa shape index (κ3) is 2.88. The molecule has 0 bridgehead atoms. The summed E-state index contributed by atoms with van der Waals surface area (Å²) in [6, 6.07) is 1.22. The van der Waals surface area contributed by atoms with Crippen molar-refractivity contribution in [1.82, 2.24) is 14.0 Å². The Morgan fingerprint density at radius 3 is 2.57 bits per heavy atom. The Hall–Kier alpha value is -2.38. The Bertz CT molecular complexity index is 684. The SMILES string of the molecule is CC(C(=O)O)C1CN(C(=O)Cn2ccc(=O)n(C)c2=O)C1. The van der Waals surface area contributed by atoms with Gasteiger partial charge in [0.2, 0.25) is 5.91 Å². The molecule has 1 amide bonds. The van der Waals surface area contributed by atoms with E-state index in [2.05, 4.69) is 0 Å². The van der Waals surface area contributed by atoms with E-state index in [9.17, 15) is 19.2 Å². The van der Waals surface area contributed by atoms with E-state index in [4.69, 9.17) is 5.11 Å². The molecule has 21 heavy (non-hydrogen) atoms. The highest BCUT2D eigenvalue weighted by atomic mass is 16.4. The van der Waals surface area contributed by atoms with Crippen LogP contribution in [0, 0.1) is 11.8 Å². The van der Waals surface area contributed by atoms with Crippen molar-refractivity contribution in [3.05, 3.63) is 33.1 Å². The van der Waals surface area contributed by atoms with Gasteiger partial charge in [-0.2, -0.15) is 0 Å². The molecule has 1 saturated heterocycles. The minimum absolute atomic E-state index is 0.0525. The highest BCUT2D eigenvalue weighted by Crippen LogP contribution is 2.24. The van der Waals surface area contributed by atoms with E-state index >= 15 is 0 Å². The molecular formula is C13H17N3O5. The van der Waals surface area contributed by atoms with Crippen LogP contribution in [0.1, 0.15) is 6.92 Å². The number of carbonyl (C=O) groups excluding carboxylic acids is 1. The molecule has 1 atom stereocenters. The summed E-state index contributed by atoms with van der Waals surface area (Å²) in [6.07, 6.45) is 1.29. The zero-order chi connectivity index (χ0) is 15.7. The van der Waals surface area contributed by atoms with Crippen molar-refractivity contribution in [3.8, 4) is 0 Å². The number of carboxylic acid groups (broad SMARTS) is 1. The van der Waals surface area contributed by atoms with E-state index in [-0.39, 0.29) is 18.4 Å². The molecule has 1 aliphatic heterocycles. The molecule has 1 aromatic rings. The molecule has 1 aliphatic rings. The Morgan fingerprint density at radius 1 is 1.38 bits per heavy atom. The minimum atomic E-state index is -0.874. The molecule has 0 aliphatic carbocycles. The molecular weight excluding hydrogens is 278 g/mol. The largest absolute Gasteiger partial charge is 0.481 e. The van der Waals surface area contributed by atoms with Crippen LogP contribution in [-0.2, 0) is 23.2 Å². The van der Waals surface area contributed by atoms with Crippen LogP contribution in [0.15, 0.2) is 21.9 Å². The number of aliphatic carboxylic acids is 1. The summed E-state index contributed by atoms with van der Waals surface area (Å²) in [7, 11) is 1.35. The summed E-state index contributed by atoms with van der Waals surface area (Å²) in [5.74, 6) is -1.68. The predicted octanol–water partition coefficient (Wildman–Crippen LogP) is -1.27. The molecule has 1 fully saturated rings. The number of likely N-dealkylation sites (tertiary alicyclic amines) is 1. The van der Waals surface area contributed by atoms with Crippen molar-refractivity contribution in [3.63, 3.8) is 0 Å². The number of carbonyl (C=O) groups is 2. The molecule has 8 nitrogen and oxygen atoms in total. The normalized spacial score (nSPS) is 16.4. The van der Waals surface area contributed by atoms with Crippen LogP contribution in [0.4, 0.5) is 0 Å². The van der Waals surface area contributed by atoms with Crippen molar-refractivity contribution >= 4 is 11.9 Å². The first-order valence-electron chi connectivity index (χ1n) is 6.58. The van der Waals surface area contributed by atoms with Gasteiger partial charge >= 0.3 is 11.7 Å². The van der Waals surface area contributed by atoms with Crippen LogP contribution in [0.3, 0.4) is 0 Å². The van der Waals surface area contributed by atoms with Crippen LogP contribution >= 0.6 is 0 Å². The molecule has 1 aromatic heterocycles. The summed E-state index contributed by atoms with van der Waals surface area (Å²) < 4.78 is 2.09. The number of nitrogens with zero attached hydrogens (tertiary/aromatic N) is 3. The molecule has 2 heterocycles. The van der Waals surface area contributed by atoms with Crippen LogP contribution in [-0.4, -0.2) is 44.1 Å². The van der Waals surface area contributed by atoms with Crippen molar-refractivity contribution in [2.75, 3.05) is 13.1 Å². The van der Waals surface area contributed by atoms with E-state index in [1.807, 2.05) is 0 Å². The quantitative estimate of drug-likeness (QED) is 0.746. The van der Waals surface area contributed by atoms with Gasteiger partial charge < -0.3 is 10.0 Å². The van der Waals surface area contributed by atoms with Crippen molar-refractivity contribution < 1.29 is 14.7 Å². The van der Waals surface area contributed by atoms with Gasteiger partial charge in [-0.1, -0.05) is 6.92 Å². The number of aromatic nitrogens is 2. The van der Waals surface area contributed by atoms with Gasteiger partial charge in [-0.05, 0) is 0 Å². The second-order valence-corrected chi connectivity index (χ2v) is 5.31. The zero-order valence-corrected chi connectivity index (χ0v) is 11.9. The second kappa shape index (κ2) is 5.55.